The Kier molecular flexibility index (Phi) is 8.18. The molecule has 1 aliphatic carbocycles. The van der Waals surface area contributed by atoms with Crippen molar-refractivity contribution in [2.24, 2.45) is 0 Å². The smallest absolute Gasteiger partial charge is 0.164 e. The molecule has 0 spiro atoms. The fraction of sp³-hybridized carbons (Fsp3) is 0.0500. The maximum atomic E-state index is 5.34. The Morgan fingerprint density at radius 3 is 1.42 bits per heavy atom. The monoisotopic (exact) mass is 831 g/mol. The third kappa shape index (κ3) is 5.75. The zero-order valence-electron chi connectivity index (χ0n) is 35.9. The van der Waals surface area contributed by atoms with Gasteiger partial charge in [0.2, 0.25) is 0 Å². The molecule has 65 heavy (non-hydrogen) atoms. The first-order valence-corrected chi connectivity index (χ1v) is 22.3. The molecule has 0 N–H and O–H groups in total. The number of hydrogen-bond acceptors (Lipinski definition) is 3. The Morgan fingerprint density at radius 1 is 0.323 bits per heavy atom. The summed E-state index contributed by atoms with van der Waals surface area (Å²) < 4.78 is 4.76. The minimum atomic E-state index is -0.136. The summed E-state index contributed by atoms with van der Waals surface area (Å²) in [4.78, 5) is 15.8. The predicted molar refractivity (Wildman–Crippen MR) is 268 cm³/mol. The fourth-order valence-electron chi connectivity index (χ4n) is 10.5. The van der Waals surface area contributed by atoms with Crippen LogP contribution in [0.15, 0.2) is 212 Å². The van der Waals surface area contributed by atoms with E-state index in [9.17, 15) is 0 Å². The Bertz CT molecular complexity index is 3770. The van der Waals surface area contributed by atoms with Crippen LogP contribution in [-0.4, -0.2) is 24.1 Å². The van der Waals surface area contributed by atoms with Crippen LogP contribution in [0.2, 0.25) is 0 Å². The van der Waals surface area contributed by atoms with Gasteiger partial charge in [0.15, 0.2) is 17.5 Å². The minimum absolute atomic E-state index is 0.136. The van der Waals surface area contributed by atoms with E-state index in [0.29, 0.717) is 17.5 Å². The van der Waals surface area contributed by atoms with Gasteiger partial charge < -0.3 is 9.13 Å². The molecule has 0 saturated heterocycles. The molecule has 0 aliphatic heterocycles. The third-order valence-corrected chi connectivity index (χ3v) is 13.6. The summed E-state index contributed by atoms with van der Waals surface area (Å²) in [6, 6.07) is 76.1. The molecule has 3 aromatic heterocycles. The van der Waals surface area contributed by atoms with Crippen molar-refractivity contribution in [2.75, 3.05) is 0 Å². The molecule has 0 atom stereocenters. The molecular weight excluding hydrogens is 791 g/mol. The quantitative estimate of drug-likeness (QED) is 0.168. The zero-order chi connectivity index (χ0) is 43.2. The molecule has 12 aromatic rings. The Morgan fingerprint density at radius 2 is 0.785 bits per heavy atom. The van der Waals surface area contributed by atoms with Gasteiger partial charge in [-0.2, -0.15) is 0 Å². The number of para-hydroxylation sites is 4. The van der Waals surface area contributed by atoms with Gasteiger partial charge in [0, 0.05) is 54.9 Å². The normalized spacial score (nSPS) is 12.9. The lowest BCUT2D eigenvalue weighted by Gasteiger charge is -2.22. The molecule has 0 amide bonds. The molecule has 1 aliphatic rings. The van der Waals surface area contributed by atoms with E-state index < -0.39 is 0 Å². The van der Waals surface area contributed by atoms with E-state index in [-0.39, 0.29) is 5.41 Å². The van der Waals surface area contributed by atoms with Crippen molar-refractivity contribution in [1.82, 2.24) is 24.1 Å². The van der Waals surface area contributed by atoms with Gasteiger partial charge in [-0.3, -0.25) is 0 Å². The van der Waals surface area contributed by atoms with Gasteiger partial charge in [-0.25, -0.2) is 15.0 Å². The van der Waals surface area contributed by atoms with Gasteiger partial charge in [0.25, 0.3) is 0 Å². The molecule has 306 valence electrons. The van der Waals surface area contributed by atoms with Gasteiger partial charge >= 0.3 is 0 Å². The molecule has 0 bridgehead atoms. The average Bonchev–Trinajstić information content (AvgIpc) is 3.97. The van der Waals surface area contributed by atoms with Crippen molar-refractivity contribution in [3.63, 3.8) is 0 Å². The number of fused-ring (bicyclic) bond motifs is 9. The van der Waals surface area contributed by atoms with Crippen molar-refractivity contribution in [1.29, 1.82) is 0 Å². The SMILES string of the molecule is CC1(C)c2ccccc2-c2ccc(-c3ccc(-c4nc(-c5ccccc5)nc(-c5cccc(-n6c7ccccc7c7ccccc76)c5)n4)cc3-n3c4ccccc4c4ccccc43)cc21. The van der Waals surface area contributed by atoms with Crippen LogP contribution in [-0.2, 0) is 5.41 Å². The summed E-state index contributed by atoms with van der Waals surface area (Å²) in [5, 5.41) is 4.86. The predicted octanol–water partition coefficient (Wildman–Crippen LogP) is 15.0. The highest BCUT2D eigenvalue weighted by atomic mass is 15.0. The van der Waals surface area contributed by atoms with Gasteiger partial charge in [-0.15, -0.1) is 0 Å². The van der Waals surface area contributed by atoms with Crippen LogP contribution in [0.4, 0.5) is 0 Å². The van der Waals surface area contributed by atoms with Crippen LogP contribution in [0, 0.1) is 0 Å². The van der Waals surface area contributed by atoms with E-state index in [0.717, 1.165) is 61.3 Å². The van der Waals surface area contributed by atoms with Gasteiger partial charge in [-0.05, 0) is 76.3 Å². The number of benzene rings is 9. The van der Waals surface area contributed by atoms with Crippen LogP contribution in [0.5, 0.6) is 0 Å². The number of aromatic nitrogens is 5. The van der Waals surface area contributed by atoms with Crippen LogP contribution in [0.1, 0.15) is 25.0 Å². The van der Waals surface area contributed by atoms with E-state index >= 15 is 0 Å². The number of nitrogens with zero attached hydrogens (tertiary/aromatic N) is 5. The van der Waals surface area contributed by atoms with Crippen molar-refractivity contribution in [3.8, 4) is 67.8 Å². The zero-order valence-corrected chi connectivity index (χ0v) is 35.9. The van der Waals surface area contributed by atoms with Crippen molar-refractivity contribution in [2.45, 2.75) is 19.3 Å². The van der Waals surface area contributed by atoms with E-state index in [1.54, 1.807) is 0 Å². The van der Waals surface area contributed by atoms with Crippen LogP contribution < -0.4 is 0 Å². The summed E-state index contributed by atoms with van der Waals surface area (Å²) in [6.45, 7) is 4.69. The second-order valence-corrected chi connectivity index (χ2v) is 17.6. The van der Waals surface area contributed by atoms with Crippen LogP contribution in [0.25, 0.3) is 111 Å². The van der Waals surface area contributed by atoms with Gasteiger partial charge in [0.1, 0.15) is 0 Å². The highest BCUT2D eigenvalue weighted by Gasteiger charge is 2.35. The van der Waals surface area contributed by atoms with Gasteiger partial charge in [-0.1, -0.05) is 178 Å². The van der Waals surface area contributed by atoms with E-state index in [1.165, 1.54) is 43.8 Å². The number of hydrogen-bond donors (Lipinski definition) is 0. The molecule has 5 heteroatoms. The van der Waals surface area contributed by atoms with Crippen molar-refractivity contribution < 1.29 is 0 Å². The van der Waals surface area contributed by atoms with Crippen molar-refractivity contribution in [3.05, 3.63) is 223 Å². The average molecular weight is 832 g/mol. The van der Waals surface area contributed by atoms with Crippen molar-refractivity contribution >= 4 is 43.6 Å². The topological polar surface area (TPSA) is 48.5 Å². The Balaban J connectivity index is 1.03. The molecule has 13 rings (SSSR count). The second-order valence-electron chi connectivity index (χ2n) is 17.6. The Hall–Kier alpha value is -8.41. The lowest BCUT2D eigenvalue weighted by molar-refractivity contribution is 0.660. The first-order valence-electron chi connectivity index (χ1n) is 22.3. The number of rotatable bonds is 6. The molecule has 3 heterocycles. The van der Waals surface area contributed by atoms with Crippen LogP contribution in [0.3, 0.4) is 0 Å². The van der Waals surface area contributed by atoms with Crippen LogP contribution >= 0.6 is 0 Å². The lowest BCUT2D eigenvalue weighted by atomic mass is 9.81. The summed E-state index contributed by atoms with van der Waals surface area (Å²) in [7, 11) is 0. The van der Waals surface area contributed by atoms with E-state index in [2.05, 4.69) is 217 Å². The highest BCUT2D eigenvalue weighted by Crippen LogP contribution is 2.50. The summed E-state index contributed by atoms with van der Waals surface area (Å²) in [6.07, 6.45) is 0. The lowest BCUT2D eigenvalue weighted by Crippen LogP contribution is -2.15. The maximum absolute atomic E-state index is 5.34. The molecule has 0 saturated carbocycles. The largest absolute Gasteiger partial charge is 0.309 e. The standard InChI is InChI=1S/C60H41N5/c1-60(2)50-26-11-6-21-44(50)45-34-31-39(36-51(45)60)43-33-32-41(37-56(43)65-54-29-14-9-24-48(54)49-25-10-15-30-55(49)65)59-62-57(38-17-4-3-5-18-38)61-58(63-59)40-19-16-20-42(35-40)64-52-27-12-7-22-46(52)47-23-8-13-28-53(47)64/h3-37H,1-2H3. The molecule has 0 radical (unpaired) electrons. The third-order valence-electron chi connectivity index (χ3n) is 13.6. The molecular formula is C60H41N5. The summed E-state index contributed by atoms with van der Waals surface area (Å²) in [5.41, 5.74) is 16.9. The van der Waals surface area contributed by atoms with E-state index in [4.69, 9.17) is 15.0 Å². The fourth-order valence-corrected chi connectivity index (χ4v) is 10.5. The first kappa shape index (κ1) is 37.2. The Labute approximate surface area is 376 Å². The molecule has 0 fully saturated rings. The minimum Gasteiger partial charge on any atom is -0.309 e. The molecule has 0 unspecified atom stereocenters. The van der Waals surface area contributed by atoms with E-state index in [1.807, 2.05) is 18.2 Å². The molecule has 9 aromatic carbocycles. The molecule has 5 nitrogen and oxygen atoms in total. The highest BCUT2D eigenvalue weighted by molar-refractivity contribution is 6.10. The summed E-state index contributed by atoms with van der Waals surface area (Å²) >= 11 is 0. The summed E-state index contributed by atoms with van der Waals surface area (Å²) in [5.74, 6) is 1.84. The first-order chi connectivity index (χ1) is 32.0. The maximum Gasteiger partial charge on any atom is 0.164 e. The second kappa shape index (κ2) is 14.3. The van der Waals surface area contributed by atoms with Gasteiger partial charge in [0.05, 0.1) is 27.8 Å².